The number of ketones is 1. The number of nitrogens with one attached hydrogen (secondary N) is 1. The van der Waals surface area contributed by atoms with Crippen LogP contribution in [0, 0.1) is 0 Å². The van der Waals surface area contributed by atoms with Gasteiger partial charge >= 0.3 is 0 Å². The molecule has 5 nitrogen and oxygen atoms in total. The van der Waals surface area contributed by atoms with Crippen molar-refractivity contribution in [2.75, 3.05) is 5.43 Å². The molecule has 22 heavy (non-hydrogen) atoms. The Kier molecular flexibility index (Phi) is 5.68. The van der Waals surface area contributed by atoms with Gasteiger partial charge < -0.3 is 5.84 Å². The van der Waals surface area contributed by atoms with E-state index in [0.29, 0.717) is 16.3 Å². The van der Waals surface area contributed by atoms with E-state index in [0.717, 1.165) is 4.47 Å². The second-order valence-electron chi connectivity index (χ2n) is 4.23. The van der Waals surface area contributed by atoms with Crippen LogP contribution < -0.4 is 11.3 Å². The average Bonchev–Trinajstić information content (AvgIpc) is 2.53. The third-order valence-corrected chi connectivity index (χ3v) is 3.47. The van der Waals surface area contributed by atoms with Crippen molar-refractivity contribution in [2.24, 2.45) is 16.0 Å². The zero-order valence-corrected chi connectivity index (χ0v) is 13.7. The van der Waals surface area contributed by atoms with Crippen LogP contribution in [-0.4, -0.2) is 17.7 Å². The van der Waals surface area contributed by atoms with E-state index in [1.54, 1.807) is 48.5 Å². The molecule has 0 spiro atoms. The van der Waals surface area contributed by atoms with E-state index in [4.69, 9.17) is 17.4 Å². The van der Waals surface area contributed by atoms with Gasteiger partial charge in [0.1, 0.15) is 0 Å². The predicted octanol–water partition coefficient (Wildman–Crippen LogP) is 3.70. The Hall–Kier alpha value is -2.18. The number of Topliss-reactive ketones (excluding diaryl/α,β-unsaturated/α-hetero) is 1. The summed E-state index contributed by atoms with van der Waals surface area (Å²) in [7, 11) is 0. The van der Waals surface area contributed by atoms with Crippen LogP contribution in [0.25, 0.3) is 0 Å². The molecule has 2 aromatic rings. The Labute approximate surface area is 141 Å². The molecule has 0 aliphatic rings. The molecule has 0 saturated heterocycles. The molecule has 0 bridgehead atoms. The SMILES string of the molecule is N/N=C\C(=N/Nc1ccc(Cl)cc1)C(=O)c1ccc(Br)cc1. The first-order valence-electron chi connectivity index (χ1n) is 6.23. The lowest BCUT2D eigenvalue weighted by molar-refractivity contribution is 0.106. The maximum atomic E-state index is 12.4. The second-order valence-corrected chi connectivity index (χ2v) is 5.58. The normalized spacial score (nSPS) is 11.6. The summed E-state index contributed by atoms with van der Waals surface area (Å²) in [5.41, 5.74) is 4.04. The molecule has 0 aromatic heterocycles. The molecular formula is C15H12BrClN4O. The summed E-state index contributed by atoms with van der Waals surface area (Å²) in [5, 5.41) is 8.04. The van der Waals surface area contributed by atoms with Crippen molar-refractivity contribution in [3.63, 3.8) is 0 Å². The summed E-state index contributed by atoms with van der Waals surface area (Å²) < 4.78 is 0.884. The van der Waals surface area contributed by atoms with Crippen LogP contribution in [0.2, 0.25) is 5.02 Å². The highest BCUT2D eigenvalue weighted by atomic mass is 79.9. The van der Waals surface area contributed by atoms with Crippen molar-refractivity contribution >= 4 is 50.9 Å². The molecule has 0 unspecified atom stereocenters. The van der Waals surface area contributed by atoms with E-state index < -0.39 is 0 Å². The summed E-state index contributed by atoms with van der Waals surface area (Å²) in [6, 6.07) is 13.8. The summed E-state index contributed by atoms with van der Waals surface area (Å²) >= 11 is 9.13. The maximum Gasteiger partial charge on any atom is 0.214 e. The van der Waals surface area contributed by atoms with Crippen LogP contribution in [0.5, 0.6) is 0 Å². The number of halogens is 2. The Morgan fingerprint density at radius 1 is 1.14 bits per heavy atom. The van der Waals surface area contributed by atoms with Crippen LogP contribution in [0.1, 0.15) is 10.4 Å². The summed E-state index contributed by atoms with van der Waals surface area (Å²) in [5.74, 6) is 4.85. The number of carbonyl (C=O) groups is 1. The lowest BCUT2D eigenvalue weighted by Crippen LogP contribution is -2.18. The van der Waals surface area contributed by atoms with Crippen LogP contribution in [-0.2, 0) is 0 Å². The monoisotopic (exact) mass is 378 g/mol. The first kappa shape index (κ1) is 16.2. The summed E-state index contributed by atoms with van der Waals surface area (Å²) in [6.07, 6.45) is 1.20. The van der Waals surface area contributed by atoms with Gasteiger partial charge in [0.25, 0.3) is 0 Å². The zero-order chi connectivity index (χ0) is 15.9. The first-order chi connectivity index (χ1) is 10.6. The predicted molar refractivity (Wildman–Crippen MR) is 93.7 cm³/mol. The molecule has 0 aliphatic heterocycles. The first-order valence-corrected chi connectivity index (χ1v) is 7.40. The fraction of sp³-hybridized carbons (Fsp3) is 0. The number of benzene rings is 2. The van der Waals surface area contributed by atoms with Gasteiger partial charge in [-0.15, -0.1) is 0 Å². The molecule has 7 heteroatoms. The number of nitrogens with two attached hydrogens (primary N) is 1. The third kappa shape index (κ3) is 4.41. The van der Waals surface area contributed by atoms with Crippen LogP contribution in [0.4, 0.5) is 5.69 Å². The lowest BCUT2D eigenvalue weighted by Gasteiger charge is -2.04. The van der Waals surface area contributed by atoms with Gasteiger partial charge in [-0.2, -0.15) is 10.2 Å². The Bertz CT molecular complexity index is 711. The Balaban J connectivity index is 2.21. The van der Waals surface area contributed by atoms with Crippen molar-refractivity contribution in [2.45, 2.75) is 0 Å². The van der Waals surface area contributed by atoms with Crippen molar-refractivity contribution in [1.82, 2.24) is 0 Å². The van der Waals surface area contributed by atoms with Gasteiger partial charge in [-0.25, -0.2) is 0 Å². The number of nitrogens with zero attached hydrogens (tertiary/aromatic N) is 2. The minimum Gasteiger partial charge on any atom is -0.323 e. The van der Waals surface area contributed by atoms with Crippen LogP contribution in [0.15, 0.2) is 63.2 Å². The standard InChI is InChI=1S/C15H12BrClN4O/c16-11-3-1-10(2-4-11)15(22)14(9-19-18)21-20-13-7-5-12(17)6-8-13/h1-9,20H,18H2/b19-9-,21-14+. The van der Waals surface area contributed by atoms with Gasteiger partial charge in [-0.05, 0) is 48.5 Å². The van der Waals surface area contributed by atoms with Gasteiger partial charge in [0.05, 0.1) is 11.9 Å². The highest BCUT2D eigenvalue weighted by Gasteiger charge is 2.12. The lowest BCUT2D eigenvalue weighted by atomic mass is 10.1. The molecular weight excluding hydrogens is 368 g/mol. The van der Waals surface area contributed by atoms with Crippen molar-refractivity contribution in [3.05, 3.63) is 63.6 Å². The molecule has 0 saturated carbocycles. The number of hydrazone groups is 2. The molecule has 2 rings (SSSR count). The topological polar surface area (TPSA) is 79.8 Å². The van der Waals surface area contributed by atoms with E-state index in [-0.39, 0.29) is 11.5 Å². The van der Waals surface area contributed by atoms with Gasteiger partial charge in [-0.1, -0.05) is 27.5 Å². The summed E-state index contributed by atoms with van der Waals surface area (Å²) in [4.78, 5) is 12.4. The van der Waals surface area contributed by atoms with E-state index >= 15 is 0 Å². The quantitative estimate of drug-likeness (QED) is 0.360. The molecule has 0 aliphatic carbocycles. The third-order valence-electron chi connectivity index (χ3n) is 2.69. The molecule has 112 valence electrons. The molecule has 0 amide bonds. The minimum absolute atomic E-state index is 0.0970. The fourth-order valence-electron chi connectivity index (χ4n) is 1.61. The zero-order valence-electron chi connectivity index (χ0n) is 11.3. The Morgan fingerprint density at radius 2 is 1.77 bits per heavy atom. The number of anilines is 1. The van der Waals surface area contributed by atoms with Crippen molar-refractivity contribution < 1.29 is 4.79 Å². The van der Waals surface area contributed by atoms with Crippen molar-refractivity contribution in [1.29, 1.82) is 0 Å². The fourth-order valence-corrected chi connectivity index (χ4v) is 2.00. The highest BCUT2D eigenvalue weighted by Crippen LogP contribution is 2.14. The summed E-state index contributed by atoms with van der Waals surface area (Å²) in [6.45, 7) is 0. The van der Waals surface area contributed by atoms with Crippen molar-refractivity contribution in [3.8, 4) is 0 Å². The highest BCUT2D eigenvalue weighted by molar-refractivity contribution is 9.10. The number of carbonyl (C=O) groups excluding carboxylic acids is 1. The average molecular weight is 380 g/mol. The minimum atomic E-state index is -0.289. The van der Waals surface area contributed by atoms with E-state index in [1.807, 2.05) is 0 Å². The van der Waals surface area contributed by atoms with E-state index in [1.165, 1.54) is 6.21 Å². The number of rotatable bonds is 5. The second kappa shape index (κ2) is 7.72. The largest absolute Gasteiger partial charge is 0.323 e. The maximum absolute atomic E-state index is 12.4. The molecule has 3 N–H and O–H groups in total. The molecule has 0 radical (unpaired) electrons. The van der Waals surface area contributed by atoms with E-state index in [2.05, 4.69) is 31.6 Å². The Morgan fingerprint density at radius 3 is 2.36 bits per heavy atom. The number of hydrogen-bond acceptors (Lipinski definition) is 5. The molecule has 0 fully saturated rings. The van der Waals surface area contributed by atoms with Crippen LogP contribution >= 0.6 is 27.5 Å². The van der Waals surface area contributed by atoms with Gasteiger partial charge in [-0.3, -0.25) is 10.2 Å². The van der Waals surface area contributed by atoms with Crippen LogP contribution in [0.3, 0.4) is 0 Å². The molecule has 0 atom stereocenters. The molecule has 2 aromatic carbocycles. The number of hydrogen-bond donors (Lipinski definition) is 2. The van der Waals surface area contributed by atoms with Gasteiger partial charge in [0, 0.05) is 15.1 Å². The van der Waals surface area contributed by atoms with E-state index in [9.17, 15) is 4.79 Å². The van der Waals surface area contributed by atoms with Gasteiger partial charge in [0.15, 0.2) is 5.71 Å². The molecule has 0 heterocycles. The van der Waals surface area contributed by atoms with Gasteiger partial charge in [0.2, 0.25) is 5.78 Å². The smallest absolute Gasteiger partial charge is 0.214 e.